The van der Waals surface area contributed by atoms with E-state index in [4.69, 9.17) is 0 Å². The minimum atomic E-state index is 0.0319. The van der Waals surface area contributed by atoms with E-state index in [9.17, 15) is 4.79 Å². The zero-order chi connectivity index (χ0) is 17.2. The fraction of sp³-hybridized carbons (Fsp3) is 0.471. The molecule has 0 bridgehead atoms. The molecule has 5 nitrogen and oxygen atoms in total. The summed E-state index contributed by atoms with van der Waals surface area (Å²) in [4.78, 5) is 17.5. The molecule has 0 aliphatic carbocycles. The van der Waals surface area contributed by atoms with Gasteiger partial charge < -0.3 is 5.32 Å². The van der Waals surface area contributed by atoms with Crippen LogP contribution in [0.4, 0.5) is 0 Å². The quantitative estimate of drug-likeness (QED) is 0.489. The molecule has 0 saturated carbocycles. The highest BCUT2D eigenvalue weighted by Gasteiger charge is 2.09. The minimum Gasteiger partial charge on any atom is -0.353 e. The minimum absolute atomic E-state index is 0.0319. The number of hydrogen-bond donors (Lipinski definition) is 2. The Bertz CT molecular complexity index is 637. The van der Waals surface area contributed by atoms with Gasteiger partial charge in [0.15, 0.2) is 0 Å². The van der Waals surface area contributed by atoms with Crippen molar-refractivity contribution < 1.29 is 4.79 Å². The largest absolute Gasteiger partial charge is 0.353 e. The number of rotatable bonds is 10. The van der Waals surface area contributed by atoms with Crippen molar-refractivity contribution in [2.45, 2.75) is 50.7 Å². The predicted octanol–water partition coefficient (Wildman–Crippen LogP) is 4.21. The van der Waals surface area contributed by atoms with Crippen LogP contribution in [0.25, 0.3) is 12.2 Å². The van der Waals surface area contributed by atoms with Crippen molar-refractivity contribution in [2.24, 2.45) is 0 Å². The highest BCUT2D eigenvalue weighted by molar-refractivity contribution is 7.99. The highest BCUT2D eigenvalue weighted by Crippen LogP contribution is 2.15. The third-order valence-electron chi connectivity index (χ3n) is 3.41. The number of H-pyrrole nitrogens is 1. The lowest BCUT2D eigenvalue weighted by Gasteiger charge is -2.12. The van der Waals surface area contributed by atoms with Crippen molar-refractivity contribution in [1.82, 2.24) is 20.5 Å². The standard InChI is InChI=1S/C17H24N4OS2/c1-3-4-5-7-13(2)18-16(22)12-24-17-19-15(20-21-17)10-9-14-8-6-11-23-14/h6,8-11,13H,3-5,7,12H2,1-2H3,(H,18,22)(H,19,20,21)/b10-9+. The molecule has 2 N–H and O–H groups in total. The van der Waals surface area contributed by atoms with Crippen molar-refractivity contribution >= 4 is 41.2 Å². The summed E-state index contributed by atoms with van der Waals surface area (Å²) in [6, 6.07) is 4.27. The van der Waals surface area contributed by atoms with Crippen molar-refractivity contribution in [2.75, 3.05) is 5.75 Å². The molecule has 0 fully saturated rings. The second kappa shape index (κ2) is 10.3. The maximum absolute atomic E-state index is 11.9. The summed E-state index contributed by atoms with van der Waals surface area (Å²) in [5.41, 5.74) is 0. The van der Waals surface area contributed by atoms with E-state index < -0.39 is 0 Å². The van der Waals surface area contributed by atoms with E-state index >= 15 is 0 Å². The second-order valence-corrected chi connectivity index (χ2v) is 7.53. The van der Waals surface area contributed by atoms with Crippen LogP contribution in [0.1, 0.15) is 50.2 Å². The van der Waals surface area contributed by atoms with Crippen LogP contribution in [0.2, 0.25) is 0 Å². The number of thiophene rings is 1. The molecule has 1 atom stereocenters. The monoisotopic (exact) mass is 364 g/mol. The average molecular weight is 365 g/mol. The van der Waals surface area contributed by atoms with Gasteiger partial charge in [0.25, 0.3) is 0 Å². The number of nitrogens with one attached hydrogen (secondary N) is 2. The molecule has 2 rings (SSSR count). The van der Waals surface area contributed by atoms with Gasteiger partial charge in [-0.3, -0.25) is 9.89 Å². The maximum Gasteiger partial charge on any atom is 0.230 e. The maximum atomic E-state index is 11.9. The van der Waals surface area contributed by atoms with Gasteiger partial charge in [-0.15, -0.1) is 16.4 Å². The number of hydrogen-bond acceptors (Lipinski definition) is 5. The number of thioether (sulfide) groups is 1. The van der Waals surface area contributed by atoms with Gasteiger partial charge in [0.05, 0.1) is 5.75 Å². The van der Waals surface area contributed by atoms with Gasteiger partial charge in [0, 0.05) is 10.9 Å². The normalized spacial score (nSPS) is 12.6. The van der Waals surface area contributed by atoms with E-state index in [1.807, 2.05) is 29.7 Å². The smallest absolute Gasteiger partial charge is 0.230 e. The Morgan fingerprint density at radius 2 is 2.33 bits per heavy atom. The Morgan fingerprint density at radius 3 is 3.08 bits per heavy atom. The van der Waals surface area contributed by atoms with Crippen LogP contribution >= 0.6 is 23.1 Å². The molecule has 0 saturated heterocycles. The molecule has 2 aromatic rings. The number of carbonyl (C=O) groups excluding carboxylic acids is 1. The fourth-order valence-corrected chi connectivity index (χ4v) is 3.40. The predicted molar refractivity (Wildman–Crippen MR) is 102 cm³/mol. The first-order valence-electron chi connectivity index (χ1n) is 8.23. The number of aromatic amines is 1. The Labute approximate surface area is 151 Å². The van der Waals surface area contributed by atoms with Gasteiger partial charge in [-0.25, -0.2) is 4.98 Å². The Kier molecular flexibility index (Phi) is 8.04. The molecule has 0 aromatic carbocycles. The van der Waals surface area contributed by atoms with Gasteiger partial charge in [-0.1, -0.05) is 44.0 Å². The third kappa shape index (κ3) is 6.88. The van der Waals surface area contributed by atoms with Crippen molar-refractivity contribution in [1.29, 1.82) is 0 Å². The van der Waals surface area contributed by atoms with E-state index in [0.717, 1.165) is 17.7 Å². The molecule has 0 aliphatic rings. The number of nitrogens with zero attached hydrogens (tertiary/aromatic N) is 2. The lowest BCUT2D eigenvalue weighted by atomic mass is 10.1. The van der Waals surface area contributed by atoms with E-state index in [2.05, 4.69) is 34.3 Å². The Hall–Kier alpha value is -1.60. The van der Waals surface area contributed by atoms with Crippen molar-refractivity contribution in [3.05, 3.63) is 28.2 Å². The summed E-state index contributed by atoms with van der Waals surface area (Å²) in [6.07, 6.45) is 8.48. The van der Waals surface area contributed by atoms with Gasteiger partial charge in [0.2, 0.25) is 11.1 Å². The first kappa shape index (κ1) is 18.7. The molecule has 130 valence electrons. The molecule has 1 unspecified atom stereocenters. The molecule has 7 heteroatoms. The Morgan fingerprint density at radius 1 is 1.46 bits per heavy atom. The van der Waals surface area contributed by atoms with Crippen LogP contribution in [0.3, 0.4) is 0 Å². The van der Waals surface area contributed by atoms with E-state index in [0.29, 0.717) is 16.7 Å². The third-order valence-corrected chi connectivity index (χ3v) is 5.10. The van der Waals surface area contributed by atoms with Gasteiger partial charge in [-0.05, 0) is 36.9 Å². The van der Waals surface area contributed by atoms with Crippen LogP contribution in [0, 0.1) is 0 Å². The summed E-state index contributed by atoms with van der Waals surface area (Å²) in [5, 5.41) is 12.6. The summed E-state index contributed by atoms with van der Waals surface area (Å²) >= 11 is 3.01. The van der Waals surface area contributed by atoms with Crippen molar-refractivity contribution in [3.8, 4) is 0 Å². The zero-order valence-electron chi connectivity index (χ0n) is 14.1. The number of unbranched alkanes of at least 4 members (excludes halogenated alkanes) is 2. The van der Waals surface area contributed by atoms with E-state index in [1.165, 1.54) is 24.6 Å². The van der Waals surface area contributed by atoms with Gasteiger partial charge in [0.1, 0.15) is 5.82 Å². The van der Waals surface area contributed by atoms with E-state index in [-0.39, 0.29) is 11.9 Å². The topological polar surface area (TPSA) is 70.7 Å². The Balaban J connectivity index is 1.71. The summed E-state index contributed by atoms with van der Waals surface area (Å²) in [5.74, 6) is 1.06. The first-order chi connectivity index (χ1) is 11.7. The highest BCUT2D eigenvalue weighted by atomic mass is 32.2. The molecule has 1 amide bonds. The van der Waals surface area contributed by atoms with Crippen LogP contribution in [0.5, 0.6) is 0 Å². The van der Waals surface area contributed by atoms with Crippen LogP contribution in [-0.2, 0) is 4.79 Å². The van der Waals surface area contributed by atoms with Crippen molar-refractivity contribution in [3.63, 3.8) is 0 Å². The average Bonchev–Trinajstić information content (AvgIpc) is 3.23. The summed E-state index contributed by atoms with van der Waals surface area (Å²) in [7, 11) is 0. The second-order valence-electron chi connectivity index (χ2n) is 5.60. The number of aromatic nitrogens is 3. The number of amides is 1. The molecular weight excluding hydrogens is 340 g/mol. The molecule has 2 aromatic heterocycles. The molecule has 0 spiro atoms. The molecule has 0 aliphatic heterocycles. The van der Waals surface area contributed by atoms with E-state index in [1.54, 1.807) is 11.3 Å². The number of carbonyl (C=O) groups is 1. The molecule has 0 radical (unpaired) electrons. The fourth-order valence-electron chi connectivity index (χ4n) is 2.16. The van der Waals surface area contributed by atoms with Crippen LogP contribution in [0.15, 0.2) is 22.7 Å². The molecule has 24 heavy (non-hydrogen) atoms. The molecule has 2 heterocycles. The lowest BCUT2D eigenvalue weighted by molar-refractivity contribution is -0.119. The zero-order valence-corrected chi connectivity index (χ0v) is 15.8. The molecular formula is C17H24N4OS2. The summed E-state index contributed by atoms with van der Waals surface area (Å²) < 4.78 is 0. The first-order valence-corrected chi connectivity index (χ1v) is 10.1. The van der Waals surface area contributed by atoms with Crippen LogP contribution in [-0.4, -0.2) is 32.9 Å². The van der Waals surface area contributed by atoms with Gasteiger partial charge >= 0.3 is 0 Å². The summed E-state index contributed by atoms with van der Waals surface area (Å²) in [6.45, 7) is 4.24. The lowest BCUT2D eigenvalue weighted by Crippen LogP contribution is -2.33. The van der Waals surface area contributed by atoms with Crippen LogP contribution < -0.4 is 5.32 Å². The SMILES string of the molecule is CCCCCC(C)NC(=O)CSc1n[nH]c(/C=C/c2cccs2)n1. The van der Waals surface area contributed by atoms with Gasteiger partial charge in [-0.2, -0.15) is 0 Å².